The Balaban J connectivity index is 1.32. The molecule has 0 saturated heterocycles. The predicted molar refractivity (Wildman–Crippen MR) is 120 cm³/mol. The topological polar surface area (TPSA) is 29.0 Å². The van der Waals surface area contributed by atoms with Gasteiger partial charge in [-0.2, -0.15) is 0 Å². The molecule has 0 atom stereocenters. The summed E-state index contributed by atoms with van der Waals surface area (Å²) in [7, 11) is 0. The van der Waals surface area contributed by atoms with Gasteiger partial charge in [-0.1, -0.05) is 41.9 Å². The molecule has 1 aliphatic heterocycles. The van der Waals surface area contributed by atoms with E-state index >= 15 is 0 Å². The molecular weight excluding hydrogens is 398 g/mol. The number of thiophene rings is 1. The molecule has 5 rings (SSSR count). The third-order valence-corrected chi connectivity index (χ3v) is 6.60. The summed E-state index contributed by atoms with van der Waals surface area (Å²) >= 11 is 7.88. The maximum Gasteiger partial charge on any atom is 0.159 e. The van der Waals surface area contributed by atoms with Gasteiger partial charge in [-0.05, 0) is 53.9 Å². The molecule has 5 heteroatoms. The van der Waals surface area contributed by atoms with Crippen LogP contribution in [-0.4, -0.2) is 21.4 Å². The van der Waals surface area contributed by atoms with Crippen LogP contribution in [-0.2, 0) is 19.5 Å². The van der Waals surface area contributed by atoms with E-state index in [0.29, 0.717) is 0 Å². The Labute approximate surface area is 179 Å². The van der Waals surface area contributed by atoms with Crippen molar-refractivity contribution >= 4 is 22.9 Å². The zero-order valence-electron chi connectivity index (χ0n) is 15.9. The molecule has 3 nitrogen and oxygen atoms in total. The van der Waals surface area contributed by atoms with Crippen molar-refractivity contribution in [1.29, 1.82) is 0 Å². The second-order valence-electron chi connectivity index (χ2n) is 7.27. The van der Waals surface area contributed by atoms with E-state index in [2.05, 4.69) is 52.3 Å². The molecule has 0 radical (unpaired) electrons. The van der Waals surface area contributed by atoms with Crippen molar-refractivity contribution < 1.29 is 0 Å². The molecule has 3 heterocycles. The van der Waals surface area contributed by atoms with Gasteiger partial charge in [0.15, 0.2) is 5.82 Å². The Hall–Kier alpha value is -2.53. The van der Waals surface area contributed by atoms with Gasteiger partial charge in [0.2, 0.25) is 0 Å². The lowest BCUT2D eigenvalue weighted by molar-refractivity contribution is 0.243. The van der Waals surface area contributed by atoms with Crippen molar-refractivity contribution in [1.82, 2.24) is 14.9 Å². The third-order valence-electron chi connectivity index (χ3n) is 5.23. The van der Waals surface area contributed by atoms with Gasteiger partial charge in [0.1, 0.15) is 0 Å². The zero-order valence-corrected chi connectivity index (χ0v) is 17.5. The Morgan fingerprint density at radius 1 is 0.931 bits per heavy atom. The van der Waals surface area contributed by atoms with Gasteiger partial charge in [0.25, 0.3) is 0 Å². The molecule has 2 aromatic carbocycles. The summed E-state index contributed by atoms with van der Waals surface area (Å²) < 4.78 is 0. The highest BCUT2D eigenvalue weighted by molar-refractivity contribution is 7.15. The molecule has 29 heavy (non-hydrogen) atoms. The van der Waals surface area contributed by atoms with Crippen LogP contribution in [0.2, 0.25) is 5.02 Å². The van der Waals surface area contributed by atoms with Crippen LogP contribution in [0, 0.1) is 0 Å². The van der Waals surface area contributed by atoms with Gasteiger partial charge in [0.05, 0.1) is 5.69 Å². The van der Waals surface area contributed by atoms with Crippen molar-refractivity contribution in [3.63, 3.8) is 0 Å². The Morgan fingerprint density at radius 2 is 1.76 bits per heavy atom. The van der Waals surface area contributed by atoms with E-state index in [4.69, 9.17) is 16.6 Å². The van der Waals surface area contributed by atoms with Crippen molar-refractivity contribution in [3.05, 3.63) is 94.1 Å². The molecule has 0 spiro atoms. The number of halogens is 1. The highest BCUT2D eigenvalue weighted by atomic mass is 35.5. The van der Waals surface area contributed by atoms with Gasteiger partial charge in [-0.3, -0.25) is 4.90 Å². The van der Waals surface area contributed by atoms with Gasteiger partial charge in [-0.15, -0.1) is 11.3 Å². The molecular formula is C24H20ClN3S. The van der Waals surface area contributed by atoms with Crippen LogP contribution in [0.5, 0.6) is 0 Å². The molecule has 0 aliphatic carbocycles. The first kappa shape index (κ1) is 18.5. The summed E-state index contributed by atoms with van der Waals surface area (Å²) in [5, 5.41) is 0.726. The predicted octanol–water partition coefficient (Wildman–Crippen LogP) is 6.08. The van der Waals surface area contributed by atoms with E-state index in [-0.39, 0.29) is 0 Å². The van der Waals surface area contributed by atoms with E-state index in [9.17, 15) is 0 Å². The summed E-state index contributed by atoms with van der Waals surface area (Å²) in [6.45, 7) is 2.85. The van der Waals surface area contributed by atoms with Gasteiger partial charge < -0.3 is 0 Å². The zero-order chi connectivity index (χ0) is 19.6. The van der Waals surface area contributed by atoms with Crippen molar-refractivity contribution in [2.24, 2.45) is 0 Å². The lowest BCUT2D eigenvalue weighted by Crippen LogP contribution is -2.30. The number of aromatic nitrogens is 2. The minimum atomic E-state index is 0.726. The fourth-order valence-electron chi connectivity index (χ4n) is 3.67. The fourth-order valence-corrected chi connectivity index (χ4v) is 4.85. The maximum atomic E-state index is 6.00. The molecule has 0 saturated carbocycles. The van der Waals surface area contributed by atoms with Crippen LogP contribution in [0.3, 0.4) is 0 Å². The normalized spacial score (nSPS) is 14.0. The summed E-state index contributed by atoms with van der Waals surface area (Å²) in [5.41, 5.74) is 4.68. The van der Waals surface area contributed by atoms with Crippen molar-refractivity contribution in [3.8, 4) is 21.8 Å². The second-order valence-corrected chi connectivity index (χ2v) is 8.87. The molecule has 144 valence electrons. The molecule has 0 unspecified atom stereocenters. The van der Waals surface area contributed by atoms with Crippen LogP contribution in [0.4, 0.5) is 0 Å². The van der Waals surface area contributed by atoms with Crippen molar-refractivity contribution in [2.75, 3.05) is 6.54 Å². The van der Waals surface area contributed by atoms with Crippen LogP contribution < -0.4 is 0 Å². The van der Waals surface area contributed by atoms with Crippen LogP contribution >= 0.6 is 22.9 Å². The van der Waals surface area contributed by atoms with Crippen LogP contribution in [0.1, 0.15) is 16.1 Å². The summed E-state index contributed by atoms with van der Waals surface area (Å²) in [5.74, 6) is 0.768. The summed E-state index contributed by atoms with van der Waals surface area (Å²) in [4.78, 5) is 14.6. The minimum Gasteiger partial charge on any atom is -0.292 e. The summed E-state index contributed by atoms with van der Waals surface area (Å²) in [6.07, 6.45) is 2.98. The highest BCUT2D eigenvalue weighted by Crippen LogP contribution is 2.30. The molecule has 0 fully saturated rings. The molecule has 4 aromatic rings. The smallest absolute Gasteiger partial charge is 0.159 e. The molecule has 2 aromatic heterocycles. The lowest BCUT2D eigenvalue weighted by atomic mass is 10.1. The first-order valence-electron chi connectivity index (χ1n) is 9.72. The van der Waals surface area contributed by atoms with E-state index in [1.54, 1.807) is 0 Å². The molecule has 0 N–H and O–H groups in total. The van der Waals surface area contributed by atoms with E-state index in [1.165, 1.54) is 20.9 Å². The maximum absolute atomic E-state index is 6.00. The number of nitrogens with zero attached hydrogens (tertiary/aromatic N) is 3. The van der Waals surface area contributed by atoms with Gasteiger partial charge in [0, 0.05) is 46.2 Å². The van der Waals surface area contributed by atoms with E-state index in [0.717, 1.165) is 48.2 Å². The first-order chi connectivity index (χ1) is 14.2. The van der Waals surface area contributed by atoms with Crippen LogP contribution in [0.15, 0.2) is 72.9 Å². The second kappa shape index (κ2) is 8.07. The average Bonchev–Trinajstić information content (AvgIpc) is 3.23. The minimum absolute atomic E-state index is 0.726. The first-order valence-corrected chi connectivity index (χ1v) is 10.9. The Morgan fingerprint density at radius 3 is 2.59 bits per heavy atom. The van der Waals surface area contributed by atoms with Crippen LogP contribution in [0.25, 0.3) is 21.8 Å². The van der Waals surface area contributed by atoms with Gasteiger partial charge in [-0.25, -0.2) is 9.97 Å². The lowest BCUT2D eigenvalue weighted by Gasteiger charge is -2.27. The van der Waals surface area contributed by atoms with Crippen molar-refractivity contribution in [2.45, 2.75) is 19.5 Å². The molecule has 1 aliphatic rings. The third kappa shape index (κ3) is 4.10. The Bertz CT molecular complexity index is 1120. The molecule has 0 bridgehead atoms. The SMILES string of the molecule is Clc1ccc(-c2ncc3c(n2)CN(Cc2ccc(-c4ccccc4)s2)CC3)cc1. The quantitative estimate of drug-likeness (QED) is 0.402. The standard InChI is InChI=1S/C24H20ClN3S/c25-20-8-6-18(7-9-20)24-26-14-19-12-13-28(16-22(19)27-24)15-21-10-11-23(29-21)17-4-2-1-3-5-17/h1-11,14H,12-13,15-16H2. The van der Waals surface area contributed by atoms with E-state index < -0.39 is 0 Å². The summed E-state index contributed by atoms with van der Waals surface area (Å²) in [6, 6.07) is 22.8. The fraction of sp³-hybridized carbons (Fsp3) is 0.167. The number of rotatable bonds is 4. The van der Waals surface area contributed by atoms with E-state index in [1.807, 2.05) is 41.8 Å². The average molecular weight is 418 g/mol. The number of hydrogen-bond donors (Lipinski definition) is 0. The number of hydrogen-bond acceptors (Lipinski definition) is 4. The number of fused-ring (bicyclic) bond motifs is 1. The van der Waals surface area contributed by atoms with Gasteiger partial charge >= 0.3 is 0 Å². The highest BCUT2D eigenvalue weighted by Gasteiger charge is 2.19. The molecule has 0 amide bonds. The number of benzene rings is 2. The monoisotopic (exact) mass is 417 g/mol. The largest absolute Gasteiger partial charge is 0.292 e. The Kier molecular flexibility index (Phi) is 5.15.